The van der Waals surface area contributed by atoms with E-state index >= 15 is 0 Å². The Kier molecular flexibility index (Phi) is 2.08. The molecule has 0 unspecified atom stereocenters. The Balaban J connectivity index is 2.99. The first-order chi connectivity index (χ1) is 2.64. The maximum absolute atomic E-state index is 8.25. The SMILES string of the molecule is C[C@H](O)[C@@H](N)O. The predicted octanol–water partition coefficient (Wildman–Crippen LogP) is -1.36. The van der Waals surface area contributed by atoms with Crippen LogP contribution in [0, 0.1) is 0 Å². The van der Waals surface area contributed by atoms with Crippen molar-refractivity contribution in [2.24, 2.45) is 5.73 Å². The van der Waals surface area contributed by atoms with Gasteiger partial charge in [0.1, 0.15) is 6.23 Å². The first-order valence-corrected chi connectivity index (χ1v) is 1.76. The van der Waals surface area contributed by atoms with Crippen molar-refractivity contribution >= 4 is 0 Å². The van der Waals surface area contributed by atoms with Crippen molar-refractivity contribution in [1.29, 1.82) is 0 Å². The number of nitrogens with two attached hydrogens (primary N) is 1. The number of hydrogen-bond donors (Lipinski definition) is 3. The van der Waals surface area contributed by atoms with Crippen LogP contribution in [0.1, 0.15) is 6.92 Å². The second-order valence-electron chi connectivity index (χ2n) is 1.23. The van der Waals surface area contributed by atoms with E-state index in [1.54, 1.807) is 0 Å². The van der Waals surface area contributed by atoms with Gasteiger partial charge in [-0.1, -0.05) is 0 Å². The minimum Gasteiger partial charge on any atom is -0.389 e. The molecule has 0 aliphatic rings. The van der Waals surface area contributed by atoms with Crippen molar-refractivity contribution in [1.82, 2.24) is 0 Å². The molecule has 0 aromatic rings. The molecule has 4 N–H and O–H groups in total. The molecule has 3 heteroatoms. The van der Waals surface area contributed by atoms with Crippen LogP contribution < -0.4 is 5.73 Å². The van der Waals surface area contributed by atoms with Gasteiger partial charge in [0.2, 0.25) is 0 Å². The highest BCUT2D eigenvalue weighted by molar-refractivity contribution is 4.48. The van der Waals surface area contributed by atoms with Crippen molar-refractivity contribution < 1.29 is 10.2 Å². The Labute approximate surface area is 36.4 Å². The van der Waals surface area contributed by atoms with Crippen LogP contribution in [-0.2, 0) is 0 Å². The third-order valence-corrected chi connectivity index (χ3v) is 0.494. The zero-order chi connectivity index (χ0) is 5.15. The lowest BCUT2D eigenvalue weighted by atomic mass is 10.4. The van der Waals surface area contributed by atoms with Gasteiger partial charge in [0.25, 0.3) is 0 Å². The van der Waals surface area contributed by atoms with Crippen LogP contribution in [0.5, 0.6) is 0 Å². The molecule has 0 heterocycles. The Hall–Kier alpha value is -0.120. The van der Waals surface area contributed by atoms with E-state index in [1.807, 2.05) is 0 Å². The first kappa shape index (κ1) is 5.88. The number of hydrogen-bond acceptors (Lipinski definition) is 3. The molecule has 3 nitrogen and oxygen atoms in total. The highest BCUT2D eigenvalue weighted by atomic mass is 16.3. The second-order valence-corrected chi connectivity index (χ2v) is 1.23. The molecule has 0 saturated carbocycles. The van der Waals surface area contributed by atoms with E-state index in [9.17, 15) is 0 Å². The lowest BCUT2D eigenvalue weighted by Gasteiger charge is -2.03. The highest BCUT2D eigenvalue weighted by Gasteiger charge is 2.00. The van der Waals surface area contributed by atoms with Gasteiger partial charge in [-0.05, 0) is 6.92 Å². The fourth-order valence-electron chi connectivity index (χ4n) is 0. The monoisotopic (exact) mass is 91.1 g/mol. The van der Waals surface area contributed by atoms with E-state index < -0.39 is 12.3 Å². The summed E-state index contributed by atoms with van der Waals surface area (Å²) in [5, 5.41) is 16.4. The average molecular weight is 91.1 g/mol. The van der Waals surface area contributed by atoms with Crippen LogP contribution in [0.3, 0.4) is 0 Å². The molecule has 0 rings (SSSR count). The molecule has 0 aliphatic carbocycles. The summed E-state index contributed by atoms with van der Waals surface area (Å²) >= 11 is 0. The van der Waals surface area contributed by atoms with Gasteiger partial charge in [-0.3, -0.25) is 0 Å². The molecule has 0 spiro atoms. The van der Waals surface area contributed by atoms with Gasteiger partial charge < -0.3 is 15.9 Å². The van der Waals surface area contributed by atoms with Crippen molar-refractivity contribution in [3.05, 3.63) is 0 Å². The van der Waals surface area contributed by atoms with Gasteiger partial charge in [-0.2, -0.15) is 0 Å². The van der Waals surface area contributed by atoms with E-state index in [4.69, 9.17) is 15.9 Å². The van der Waals surface area contributed by atoms with Crippen LogP contribution in [-0.4, -0.2) is 22.5 Å². The maximum atomic E-state index is 8.25. The van der Waals surface area contributed by atoms with E-state index in [0.29, 0.717) is 0 Å². The zero-order valence-corrected chi connectivity index (χ0v) is 3.63. The fraction of sp³-hybridized carbons (Fsp3) is 1.00. The zero-order valence-electron chi connectivity index (χ0n) is 3.63. The third kappa shape index (κ3) is 2.14. The topological polar surface area (TPSA) is 66.5 Å². The van der Waals surface area contributed by atoms with Crippen LogP contribution in [0.15, 0.2) is 0 Å². The second kappa shape index (κ2) is 2.12. The maximum Gasteiger partial charge on any atom is 0.128 e. The van der Waals surface area contributed by atoms with Gasteiger partial charge in [0.15, 0.2) is 0 Å². The largest absolute Gasteiger partial charge is 0.389 e. The molecular formula is C3H9NO2. The fourth-order valence-corrected chi connectivity index (χ4v) is 0. The van der Waals surface area contributed by atoms with Gasteiger partial charge in [0.05, 0.1) is 6.10 Å². The summed E-state index contributed by atoms with van der Waals surface area (Å²) < 4.78 is 0. The molecule has 6 heavy (non-hydrogen) atoms. The number of rotatable bonds is 1. The minimum absolute atomic E-state index is 0.815. The first-order valence-electron chi connectivity index (χ1n) is 1.76. The summed E-state index contributed by atoms with van der Waals surface area (Å²) in [6.07, 6.45) is -1.91. The molecule has 0 amide bonds. The summed E-state index contributed by atoms with van der Waals surface area (Å²) in [4.78, 5) is 0. The molecule has 0 radical (unpaired) electrons. The number of aliphatic hydroxyl groups is 2. The molecular weight excluding hydrogens is 82.0 g/mol. The van der Waals surface area contributed by atoms with E-state index in [1.165, 1.54) is 6.92 Å². The van der Waals surface area contributed by atoms with Gasteiger partial charge >= 0.3 is 0 Å². The smallest absolute Gasteiger partial charge is 0.128 e. The molecule has 0 saturated heterocycles. The summed E-state index contributed by atoms with van der Waals surface area (Å²) in [6, 6.07) is 0. The summed E-state index contributed by atoms with van der Waals surface area (Å²) in [5.74, 6) is 0. The Bertz CT molecular complexity index is 29.8. The molecule has 38 valence electrons. The van der Waals surface area contributed by atoms with Crippen LogP contribution in [0.25, 0.3) is 0 Å². The van der Waals surface area contributed by atoms with Crippen molar-refractivity contribution in [3.63, 3.8) is 0 Å². The van der Waals surface area contributed by atoms with Crippen molar-refractivity contribution in [2.75, 3.05) is 0 Å². The van der Waals surface area contributed by atoms with E-state index in [0.717, 1.165) is 0 Å². The lowest BCUT2D eigenvalue weighted by Crippen LogP contribution is -2.31. The van der Waals surface area contributed by atoms with E-state index in [-0.39, 0.29) is 0 Å². The quantitative estimate of drug-likeness (QED) is 0.349. The molecule has 0 aliphatic heterocycles. The Morgan fingerprint density at radius 2 is 1.67 bits per heavy atom. The minimum atomic E-state index is -1.09. The van der Waals surface area contributed by atoms with E-state index in [2.05, 4.69) is 0 Å². The van der Waals surface area contributed by atoms with Gasteiger partial charge in [-0.15, -0.1) is 0 Å². The van der Waals surface area contributed by atoms with Crippen LogP contribution in [0.2, 0.25) is 0 Å². The third-order valence-electron chi connectivity index (χ3n) is 0.494. The molecule has 0 fully saturated rings. The average Bonchev–Trinajstić information content (AvgIpc) is 1.36. The summed E-state index contributed by atoms with van der Waals surface area (Å²) in [5.41, 5.74) is 4.74. The highest BCUT2D eigenvalue weighted by Crippen LogP contribution is 1.78. The molecule has 0 aromatic heterocycles. The van der Waals surface area contributed by atoms with Gasteiger partial charge in [-0.25, -0.2) is 0 Å². The van der Waals surface area contributed by atoms with Crippen LogP contribution >= 0.6 is 0 Å². The number of aliphatic hydroxyl groups excluding tert-OH is 2. The Morgan fingerprint density at radius 3 is 1.67 bits per heavy atom. The predicted molar refractivity (Wildman–Crippen MR) is 21.9 cm³/mol. The molecule has 0 bridgehead atoms. The molecule has 0 aromatic carbocycles. The normalized spacial score (nSPS) is 20.0. The van der Waals surface area contributed by atoms with Crippen LogP contribution in [0.4, 0.5) is 0 Å². The standard InChI is InChI=1S/C3H9NO2/c1-2(5)3(4)6/h2-3,5-6H,4H2,1H3/t2-,3-/m0/s1. The van der Waals surface area contributed by atoms with Gasteiger partial charge in [0, 0.05) is 0 Å². The van der Waals surface area contributed by atoms with Crippen molar-refractivity contribution in [2.45, 2.75) is 19.3 Å². The summed E-state index contributed by atoms with van der Waals surface area (Å²) in [6.45, 7) is 1.42. The lowest BCUT2D eigenvalue weighted by molar-refractivity contribution is 0.0359. The summed E-state index contributed by atoms with van der Waals surface area (Å²) in [7, 11) is 0. The van der Waals surface area contributed by atoms with Crippen molar-refractivity contribution in [3.8, 4) is 0 Å². The molecule has 2 atom stereocenters. The Morgan fingerprint density at radius 1 is 1.50 bits per heavy atom.